The number of hydrogen-bond donors (Lipinski definition) is 0. The predicted octanol–water partition coefficient (Wildman–Crippen LogP) is 3.67. The van der Waals surface area contributed by atoms with Crippen LogP contribution in [0.2, 0.25) is 0 Å². The van der Waals surface area contributed by atoms with Crippen LogP contribution in [0.25, 0.3) is 0 Å². The summed E-state index contributed by atoms with van der Waals surface area (Å²) in [6, 6.07) is 6.33. The highest BCUT2D eigenvalue weighted by Gasteiger charge is 2.30. The number of amides is 1. The minimum Gasteiger partial charge on any atom is -0.444 e. The summed E-state index contributed by atoms with van der Waals surface area (Å²) in [5.41, 5.74) is 3.11. The topological polar surface area (TPSA) is 46.6 Å². The van der Waals surface area contributed by atoms with Crippen LogP contribution in [0.15, 0.2) is 18.2 Å². The minimum atomic E-state index is -0.483. The third-order valence-electron chi connectivity index (χ3n) is 3.93. The Labute approximate surface area is 132 Å². The van der Waals surface area contributed by atoms with Gasteiger partial charge in [0.2, 0.25) is 0 Å². The van der Waals surface area contributed by atoms with Gasteiger partial charge in [-0.15, -0.1) is 0 Å². The molecule has 1 aromatic carbocycles. The summed E-state index contributed by atoms with van der Waals surface area (Å²) < 4.78 is 5.50. The van der Waals surface area contributed by atoms with Crippen LogP contribution in [-0.4, -0.2) is 29.4 Å². The minimum absolute atomic E-state index is 0.00483. The molecule has 1 aliphatic rings. The maximum absolute atomic E-state index is 12.3. The van der Waals surface area contributed by atoms with E-state index in [1.54, 1.807) is 4.90 Å². The molecule has 1 amide bonds. The van der Waals surface area contributed by atoms with Crippen molar-refractivity contribution >= 4 is 12.4 Å². The Morgan fingerprint density at radius 3 is 2.77 bits per heavy atom. The van der Waals surface area contributed by atoms with Crippen LogP contribution in [0, 0.1) is 0 Å². The van der Waals surface area contributed by atoms with Crippen molar-refractivity contribution in [1.29, 1.82) is 0 Å². The lowest BCUT2D eigenvalue weighted by Crippen LogP contribution is -2.42. The lowest BCUT2D eigenvalue weighted by molar-refractivity contribution is -0.107. The van der Waals surface area contributed by atoms with Crippen LogP contribution < -0.4 is 0 Å². The number of ether oxygens (including phenoxy) is 1. The maximum Gasteiger partial charge on any atom is 0.410 e. The molecule has 0 fully saturated rings. The largest absolute Gasteiger partial charge is 0.444 e. The molecule has 2 rings (SSSR count). The van der Waals surface area contributed by atoms with Crippen molar-refractivity contribution in [1.82, 2.24) is 4.90 Å². The molecular weight excluding hydrogens is 278 g/mol. The summed E-state index contributed by atoms with van der Waals surface area (Å²) in [6.07, 6.45) is 2.80. The van der Waals surface area contributed by atoms with Crippen molar-refractivity contribution in [2.75, 3.05) is 6.54 Å². The quantitative estimate of drug-likeness (QED) is 0.800. The van der Waals surface area contributed by atoms with Crippen molar-refractivity contribution in [3.63, 3.8) is 0 Å². The van der Waals surface area contributed by atoms with Gasteiger partial charge in [0.1, 0.15) is 11.9 Å². The zero-order chi connectivity index (χ0) is 16.3. The van der Waals surface area contributed by atoms with Crippen LogP contribution in [0.5, 0.6) is 0 Å². The first-order chi connectivity index (χ1) is 10.3. The van der Waals surface area contributed by atoms with Gasteiger partial charge in [0.25, 0.3) is 0 Å². The second kappa shape index (κ2) is 6.51. The molecule has 0 radical (unpaired) electrons. The molecule has 1 unspecified atom stereocenters. The van der Waals surface area contributed by atoms with E-state index < -0.39 is 5.60 Å². The average molecular weight is 303 g/mol. The number of hydrogen-bond acceptors (Lipinski definition) is 3. The summed E-state index contributed by atoms with van der Waals surface area (Å²) >= 11 is 0. The van der Waals surface area contributed by atoms with Gasteiger partial charge >= 0.3 is 6.09 Å². The second-order valence-electron chi connectivity index (χ2n) is 6.84. The van der Waals surface area contributed by atoms with Gasteiger partial charge in [-0.1, -0.05) is 18.2 Å². The first-order valence-electron chi connectivity index (χ1n) is 7.87. The SMILES string of the molecule is CC1c2cc(CCC=O)ccc2CCN1C(=O)OC(C)(C)C. The number of aryl methyl sites for hydroxylation is 1. The Kier molecular flexibility index (Phi) is 4.89. The van der Waals surface area contributed by atoms with E-state index in [-0.39, 0.29) is 12.1 Å². The number of aldehydes is 1. The Morgan fingerprint density at radius 1 is 1.41 bits per heavy atom. The zero-order valence-electron chi connectivity index (χ0n) is 13.9. The maximum atomic E-state index is 12.3. The third kappa shape index (κ3) is 3.87. The molecule has 4 nitrogen and oxygen atoms in total. The Hall–Kier alpha value is -1.84. The molecule has 0 aliphatic carbocycles. The van der Waals surface area contributed by atoms with Crippen LogP contribution in [0.3, 0.4) is 0 Å². The van der Waals surface area contributed by atoms with Gasteiger partial charge in [-0.05, 0) is 57.2 Å². The number of rotatable bonds is 3. The normalized spacial score (nSPS) is 17.8. The van der Waals surface area contributed by atoms with Crippen molar-refractivity contribution in [3.8, 4) is 0 Å². The van der Waals surface area contributed by atoms with Gasteiger partial charge in [0.15, 0.2) is 0 Å². The molecule has 120 valence electrons. The second-order valence-corrected chi connectivity index (χ2v) is 6.84. The fourth-order valence-corrected chi connectivity index (χ4v) is 2.81. The molecule has 0 bridgehead atoms. The lowest BCUT2D eigenvalue weighted by Gasteiger charge is -2.36. The predicted molar refractivity (Wildman–Crippen MR) is 85.9 cm³/mol. The third-order valence-corrected chi connectivity index (χ3v) is 3.93. The number of carbonyl (C=O) groups excluding carboxylic acids is 2. The molecule has 1 atom stereocenters. The zero-order valence-corrected chi connectivity index (χ0v) is 13.9. The van der Waals surface area contributed by atoms with Gasteiger partial charge in [-0.3, -0.25) is 0 Å². The van der Waals surface area contributed by atoms with Crippen LogP contribution >= 0.6 is 0 Å². The van der Waals surface area contributed by atoms with E-state index in [0.29, 0.717) is 13.0 Å². The summed E-state index contributed by atoms with van der Waals surface area (Å²) in [6.45, 7) is 8.35. The first kappa shape index (κ1) is 16.5. The molecule has 22 heavy (non-hydrogen) atoms. The molecular formula is C18H25NO3. The van der Waals surface area contributed by atoms with Crippen LogP contribution in [0.1, 0.15) is 56.8 Å². The molecule has 0 spiro atoms. The van der Waals surface area contributed by atoms with E-state index in [1.165, 1.54) is 11.1 Å². The molecule has 0 saturated carbocycles. The van der Waals surface area contributed by atoms with E-state index in [4.69, 9.17) is 4.74 Å². The van der Waals surface area contributed by atoms with E-state index in [9.17, 15) is 9.59 Å². The highest BCUT2D eigenvalue weighted by atomic mass is 16.6. The van der Waals surface area contributed by atoms with Crippen LogP contribution in [-0.2, 0) is 22.4 Å². The molecule has 0 saturated heterocycles. The van der Waals surface area contributed by atoms with E-state index >= 15 is 0 Å². The molecule has 1 heterocycles. The summed E-state index contributed by atoms with van der Waals surface area (Å²) in [5, 5.41) is 0. The standard InChI is InChI=1S/C18H25NO3/c1-13-16-12-14(6-5-11-20)7-8-15(16)9-10-19(13)17(21)22-18(2,3)4/h7-8,11-13H,5-6,9-10H2,1-4H3. The highest BCUT2D eigenvalue weighted by Crippen LogP contribution is 2.31. The molecule has 1 aromatic rings. The van der Waals surface area contributed by atoms with E-state index in [0.717, 1.165) is 24.7 Å². The summed E-state index contributed by atoms with van der Waals surface area (Å²) in [7, 11) is 0. The smallest absolute Gasteiger partial charge is 0.410 e. The number of carbonyl (C=O) groups is 2. The van der Waals surface area contributed by atoms with Gasteiger partial charge in [-0.25, -0.2) is 4.79 Å². The number of benzene rings is 1. The molecule has 1 aliphatic heterocycles. The van der Waals surface area contributed by atoms with Crippen LogP contribution in [0.4, 0.5) is 4.79 Å². The van der Waals surface area contributed by atoms with Crippen molar-refractivity contribution in [3.05, 3.63) is 34.9 Å². The fraction of sp³-hybridized carbons (Fsp3) is 0.556. The van der Waals surface area contributed by atoms with E-state index in [2.05, 4.69) is 18.2 Å². The van der Waals surface area contributed by atoms with Gasteiger partial charge in [0.05, 0.1) is 6.04 Å². The van der Waals surface area contributed by atoms with Gasteiger partial charge < -0.3 is 14.4 Å². The average Bonchev–Trinajstić information content (AvgIpc) is 2.43. The molecule has 0 N–H and O–H groups in total. The monoisotopic (exact) mass is 303 g/mol. The fourth-order valence-electron chi connectivity index (χ4n) is 2.81. The summed E-state index contributed by atoms with van der Waals surface area (Å²) in [5.74, 6) is 0. The first-order valence-corrected chi connectivity index (χ1v) is 7.87. The van der Waals surface area contributed by atoms with Gasteiger partial charge in [-0.2, -0.15) is 0 Å². The Balaban J connectivity index is 2.18. The van der Waals surface area contributed by atoms with Crippen molar-refractivity contribution < 1.29 is 14.3 Å². The number of fused-ring (bicyclic) bond motifs is 1. The van der Waals surface area contributed by atoms with E-state index in [1.807, 2.05) is 27.7 Å². The Bertz CT molecular complexity index is 560. The van der Waals surface area contributed by atoms with Crippen molar-refractivity contribution in [2.24, 2.45) is 0 Å². The molecule has 0 aromatic heterocycles. The summed E-state index contributed by atoms with van der Waals surface area (Å²) in [4.78, 5) is 24.7. The lowest BCUT2D eigenvalue weighted by atomic mass is 9.91. The number of nitrogens with zero attached hydrogens (tertiary/aromatic N) is 1. The van der Waals surface area contributed by atoms with Crippen molar-refractivity contribution in [2.45, 2.75) is 58.6 Å². The van der Waals surface area contributed by atoms with Gasteiger partial charge in [0, 0.05) is 13.0 Å². The highest BCUT2D eigenvalue weighted by molar-refractivity contribution is 5.69. The molecule has 4 heteroatoms. The Morgan fingerprint density at radius 2 is 2.14 bits per heavy atom.